The zero-order valence-corrected chi connectivity index (χ0v) is 11.6. The Morgan fingerprint density at radius 3 is 2.80 bits per heavy atom. The molecular weight excluding hydrogens is 299 g/mol. The standard InChI is InChI=1S/C13H8ClFN4S/c14-9-7-8(1-2-10(9)15)18-11-3-4-16-12(19-11)13-17-5-6-20-13/h1-7H,(H,16,18,19). The lowest BCUT2D eigenvalue weighted by Crippen LogP contribution is -1.96. The summed E-state index contributed by atoms with van der Waals surface area (Å²) in [5, 5.41) is 5.71. The van der Waals surface area contributed by atoms with Gasteiger partial charge in [0, 0.05) is 23.5 Å². The first-order valence-electron chi connectivity index (χ1n) is 5.67. The van der Waals surface area contributed by atoms with E-state index in [1.807, 2.05) is 5.38 Å². The summed E-state index contributed by atoms with van der Waals surface area (Å²) in [6.45, 7) is 0. The number of aromatic nitrogens is 3. The number of anilines is 2. The number of hydrogen-bond acceptors (Lipinski definition) is 5. The van der Waals surface area contributed by atoms with Crippen molar-refractivity contribution in [1.82, 2.24) is 15.0 Å². The molecule has 0 saturated heterocycles. The average Bonchev–Trinajstić information content (AvgIpc) is 2.97. The Morgan fingerprint density at radius 1 is 1.15 bits per heavy atom. The molecule has 3 aromatic rings. The van der Waals surface area contributed by atoms with E-state index in [2.05, 4.69) is 20.3 Å². The summed E-state index contributed by atoms with van der Waals surface area (Å²) in [6, 6.07) is 6.11. The number of halogens is 2. The van der Waals surface area contributed by atoms with E-state index >= 15 is 0 Å². The zero-order chi connectivity index (χ0) is 13.9. The lowest BCUT2D eigenvalue weighted by Gasteiger charge is -2.06. The molecule has 0 amide bonds. The topological polar surface area (TPSA) is 50.7 Å². The molecule has 2 aromatic heterocycles. The first kappa shape index (κ1) is 13.0. The van der Waals surface area contributed by atoms with E-state index in [0.29, 0.717) is 17.3 Å². The molecule has 7 heteroatoms. The fraction of sp³-hybridized carbons (Fsp3) is 0. The monoisotopic (exact) mass is 306 g/mol. The molecule has 1 N–H and O–H groups in total. The van der Waals surface area contributed by atoms with Gasteiger partial charge in [0.1, 0.15) is 11.6 Å². The summed E-state index contributed by atoms with van der Waals surface area (Å²) in [7, 11) is 0. The molecule has 0 atom stereocenters. The molecular formula is C13H8ClFN4S. The maximum atomic E-state index is 13.1. The summed E-state index contributed by atoms with van der Waals surface area (Å²) >= 11 is 7.20. The van der Waals surface area contributed by atoms with Gasteiger partial charge in [-0.15, -0.1) is 11.3 Å². The van der Waals surface area contributed by atoms with E-state index in [0.717, 1.165) is 5.01 Å². The second kappa shape index (κ2) is 5.52. The number of nitrogens with zero attached hydrogens (tertiary/aromatic N) is 3. The minimum Gasteiger partial charge on any atom is -0.340 e. The van der Waals surface area contributed by atoms with E-state index in [-0.39, 0.29) is 5.02 Å². The molecule has 0 aliphatic heterocycles. The van der Waals surface area contributed by atoms with Crippen LogP contribution in [0, 0.1) is 5.82 Å². The van der Waals surface area contributed by atoms with Gasteiger partial charge in [0.05, 0.1) is 5.02 Å². The zero-order valence-electron chi connectivity index (χ0n) is 10.0. The molecule has 0 fully saturated rings. The number of thiazole rings is 1. The highest BCUT2D eigenvalue weighted by Gasteiger charge is 2.06. The maximum absolute atomic E-state index is 13.1. The maximum Gasteiger partial charge on any atom is 0.190 e. The first-order chi connectivity index (χ1) is 9.72. The van der Waals surface area contributed by atoms with Crippen molar-refractivity contribution in [2.75, 3.05) is 5.32 Å². The van der Waals surface area contributed by atoms with Crippen LogP contribution < -0.4 is 5.32 Å². The summed E-state index contributed by atoms with van der Waals surface area (Å²) in [6.07, 6.45) is 3.33. The van der Waals surface area contributed by atoms with Crippen LogP contribution in [0.15, 0.2) is 42.0 Å². The third-order valence-electron chi connectivity index (χ3n) is 2.47. The second-order valence-corrected chi connectivity index (χ2v) is 5.16. The van der Waals surface area contributed by atoms with Crippen molar-refractivity contribution >= 4 is 34.4 Å². The van der Waals surface area contributed by atoms with E-state index in [9.17, 15) is 4.39 Å². The van der Waals surface area contributed by atoms with Gasteiger partial charge in [0.2, 0.25) is 0 Å². The van der Waals surface area contributed by atoms with E-state index in [1.54, 1.807) is 24.5 Å². The van der Waals surface area contributed by atoms with Gasteiger partial charge < -0.3 is 5.32 Å². The molecule has 100 valence electrons. The average molecular weight is 307 g/mol. The highest BCUT2D eigenvalue weighted by molar-refractivity contribution is 7.13. The van der Waals surface area contributed by atoms with Crippen molar-refractivity contribution in [3.63, 3.8) is 0 Å². The van der Waals surface area contributed by atoms with Crippen LogP contribution in [-0.2, 0) is 0 Å². The Labute approximate surface area is 123 Å². The summed E-state index contributed by atoms with van der Waals surface area (Å²) < 4.78 is 13.1. The lowest BCUT2D eigenvalue weighted by molar-refractivity contribution is 0.628. The Kier molecular flexibility index (Phi) is 3.58. The minimum absolute atomic E-state index is 0.0594. The molecule has 0 spiro atoms. The Hall–Kier alpha value is -2.05. The Bertz CT molecular complexity index is 733. The van der Waals surface area contributed by atoms with Crippen molar-refractivity contribution < 1.29 is 4.39 Å². The van der Waals surface area contributed by atoms with Crippen molar-refractivity contribution in [1.29, 1.82) is 0 Å². The predicted molar refractivity (Wildman–Crippen MR) is 77.8 cm³/mol. The lowest BCUT2D eigenvalue weighted by atomic mass is 10.3. The van der Waals surface area contributed by atoms with Crippen LogP contribution in [0.3, 0.4) is 0 Å². The van der Waals surface area contributed by atoms with Crippen molar-refractivity contribution in [2.45, 2.75) is 0 Å². The van der Waals surface area contributed by atoms with Gasteiger partial charge >= 0.3 is 0 Å². The van der Waals surface area contributed by atoms with Crippen molar-refractivity contribution in [3.05, 3.63) is 52.9 Å². The number of nitrogens with one attached hydrogen (secondary N) is 1. The molecule has 3 rings (SSSR count). The van der Waals surface area contributed by atoms with Crippen LogP contribution >= 0.6 is 22.9 Å². The van der Waals surface area contributed by atoms with Crippen LogP contribution in [0.2, 0.25) is 5.02 Å². The second-order valence-electron chi connectivity index (χ2n) is 3.86. The smallest absolute Gasteiger partial charge is 0.190 e. The Balaban J connectivity index is 1.87. The van der Waals surface area contributed by atoms with E-state index < -0.39 is 5.82 Å². The third-order valence-corrected chi connectivity index (χ3v) is 3.53. The van der Waals surface area contributed by atoms with Gasteiger partial charge in [0.25, 0.3) is 0 Å². The normalized spacial score (nSPS) is 10.5. The molecule has 0 saturated carbocycles. The van der Waals surface area contributed by atoms with Gasteiger partial charge in [-0.3, -0.25) is 0 Å². The van der Waals surface area contributed by atoms with Crippen molar-refractivity contribution in [2.24, 2.45) is 0 Å². The summed E-state index contributed by atoms with van der Waals surface area (Å²) in [4.78, 5) is 12.7. The molecule has 0 bridgehead atoms. The highest BCUT2D eigenvalue weighted by atomic mass is 35.5. The van der Waals surface area contributed by atoms with E-state index in [4.69, 9.17) is 11.6 Å². The Morgan fingerprint density at radius 2 is 2.05 bits per heavy atom. The molecule has 4 nitrogen and oxygen atoms in total. The van der Waals surface area contributed by atoms with Gasteiger partial charge in [-0.2, -0.15) is 0 Å². The minimum atomic E-state index is -0.455. The number of hydrogen-bond donors (Lipinski definition) is 1. The molecule has 2 heterocycles. The molecule has 0 radical (unpaired) electrons. The summed E-state index contributed by atoms with van der Waals surface area (Å²) in [5.74, 6) is 0.675. The molecule has 1 aromatic carbocycles. The SMILES string of the molecule is Fc1ccc(Nc2ccnc(-c3nccs3)n2)cc1Cl. The third kappa shape index (κ3) is 2.76. The van der Waals surface area contributed by atoms with Crippen LogP contribution in [0.1, 0.15) is 0 Å². The van der Waals surface area contributed by atoms with Crippen molar-refractivity contribution in [3.8, 4) is 10.8 Å². The molecule has 20 heavy (non-hydrogen) atoms. The fourth-order valence-corrected chi connectivity index (χ4v) is 2.34. The molecule has 0 aliphatic carbocycles. The molecule has 0 aliphatic rings. The van der Waals surface area contributed by atoms with Crippen LogP contribution in [0.5, 0.6) is 0 Å². The highest BCUT2D eigenvalue weighted by Crippen LogP contribution is 2.23. The van der Waals surface area contributed by atoms with Gasteiger partial charge in [-0.1, -0.05) is 11.6 Å². The molecule has 0 unspecified atom stereocenters. The largest absolute Gasteiger partial charge is 0.340 e. The van der Waals surface area contributed by atoms with Crippen LogP contribution in [0.25, 0.3) is 10.8 Å². The van der Waals surface area contributed by atoms with Gasteiger partial charge in [-0.25, -0.2) is 19.3 Å². The fourth-order valence-electron chi connectivity index (χ4n) is 1.59. The van der Waals surface area contributed by atoms with Crippen LogP contribution in [0.4, 0.5) is 15.9 Å². The van der Waals surface area contributed by atoms with E-state index in [1.165, 1.54) is 23.5 Å². The summed E-state index contributed by atoms with van der Waals surface area (Å²) in [5.41, 5.74) is 0.653. The van der Waals surface area contributed by atoms with Gasteiger partial charge in [0.15, 0.2) is 10.8 Å². The number of rotatable bonds is 3. The first-order valence-corrected chi connectivity index (χ1v) is 6.93. The van der Waals surface area contributed by atoms with Crippen LogP contribution in [-0.4, -0.2) is 15.0 Å². The van der Waals surface area contributed by atoms with Gasteiger partial charge in [-0.05, 0) is 24.3 Å². The predicted octanol–water partition coefficient (Wildman–Crippen LogP) is 4.14. The quantitative estimate of drug-likeness (QED) is 0.790. The number of benzene rings is 1.